The molecule has 2 aliphatic rings. The zero-order valence-corrected chi connectivity index (χ0v) is 17.9. The zero-order chi connectivity index (χ0) is 21.2. The topological polar surface area (TPSA) is 57.7 Å². The van der Waals surface area contributed by atoms with Gasteiger partial charge in [-0.15, -0.1) is 0 Å². The van der Waals surface area contributed by atoms with Crippen molar-refractivity contribution in [2.75, 3.05) is 49.5 Å². The quantitative estimate of drug-likeness (QED) is 0.688. The first-order chi connectivity index (χ1) is 15.2. The number of hydrogen-bond donors (Lipinski definition) is 1. The number of rotatable bonds is 5. The molecule has 0 spiro atoms. The molecule has 0 atom stereocenters. The van der Waals surface area contributed by atoms with Crippen molar-refractivity contribution in [2.45, 2.75) is 19.8 Å². The Kier molecular flexibility index (Phi) is 5.47. The van der Waals surface area contributed by atoms with Crippen LogP contribution in [0.3, 0.4) is 0 Å². The number of hydrogen-bond acceptors (Lipinski definition) is 5. The summed E-state index contributed by atoms with van der Waals surface area (Å²) in [6.07, 6.45) is 2.10. The van der Waals surface area contributed by atoms with Crippen LogP contribution in [-0.4, -0.2) is 55.1 Å². The average molecular weight is 417 g/mol. The maximum atomic E-state index is 11.5. The van der Waals surface area contributed by atoms with Crippen molar-refractivity contribution in [1.82, 2.24) is 9.88 Å². The van der Waals surface area contributed by atoms with Crippen LogP contribution >= 0.6 is 0 Å². The second kappa shape index (κ2) is 8.55. The first-order valence-corrected chi connectivity index (χ1v) is 11.0. The molecule has 0 aliphatic carbocycles. The van der Waals surface area contributed by atoms with Crippen LogP contribution in [0, 0.1) is 6.92 Å². The van der Waals surface area contributed by atoms with Crippen LogP contribution in [0.4, 0.5) is 11.4 Å². The van der Waals surface area contributed by atoms with E-state index in [1.165, 1.54) is 16.6 Å². The molecule has 0 unspecified atom stereocenters. The summed E-state index contributed by atoms with van der Waals surface area (Å²) in [6, 6.07) is 16.8. The summed E-state index contributed by atoms with van der Waals surface area (Å²) in [5.41, 5.74) is 5.46. The predicted octanol–water partition coefficient (Wildman–Crippen LogP) is 3.63. The van der Waals surface area contributed by atoms with Crippen LogP contribution < -0.4 is 15.0 Å². The third-order valence-electron chi connectivity index (χ3n) is 6.18. The van der Waals surface area contributed by atoms with Gasteiger partial charge >= 0.3 is 0 Å². The van der Waals surface area contributed by atoms with Gasteiger partial charge in [-0.2, -0.15) is 0 Å². The lowest BCUT2D eigenvalue weighted by Gasteiger charge is -2.36. The van der Waals surface area contributed by atoms with Crippen LogP contribution in [0.5, 0.6) is 5.75 Å². The number of benzene rings is 2. The second-order valence-electron chi connectivity index (χ2n) is 8.40. The molecule has 3 aromatic rings. The summed E-state index contributed by atoms with van der Waals surface area (Å²) < 4.78 is 5.44. The lowest BCUT2D eigenvalue weighted by atomic mass is 10.1. The number of anilines is 2. The van der Waals surface area contributed by atoms with Crippen LogP contribution in [0.25, 0.3) is 10.9 Å². The molecule has 1 N–H and O–H groups in total. The first-order valence-electron chi connectivity index (χ1n) is 11.0. The third kappa shape index (κ3) is 4.35. The van der Waals surface area contributed by atoms with Crippen LogP contribution in [0.2, 0.25) is 0 Å². The highest BCUT2D eigenvalue weighted by atomic mass is 16.5. The fourth-order valence-electron chi connectivity index (χ4n) is 4.52. The fourth-order valence-corrected chi connectivity index (χ4v) is 4.52. The summed E-state index contributed by atoms with van der Waals surface area (Å²) in [4.78, 5) is 21.2. The van der Waals surface area contributed by atoms with Gasteiger partial charge in [0, 0.05) is 42.9 Å². The Balaban J connectivity index is 1.14. The van der Waals surface area contributed by atoms with Gasteiger partial charge in [0.1, 0.15) is 5.75 Å². The molecule has 3 heterocycles. The highest BCUT2D eigenvalue weighted by Gasteiger charge is 2.19. The summed E-state index contributed by atoms with van der Waals surface area (Å²) in [5, 5.41) is 4.13. The number of nitrogens with one attached hydrogen (secondary N) is 1. The van der Waals surface area contributed by atoms with Gasteiger partial charge in [0.25, 0.3) is 5.91 Å². The average Bonchev–Trinajstić information content (AvgIpc) is 2.79. The molecule has 1 aromatic heterocycles. The minimum Gasteiger partial charge on any atom is -0.482 e. The molecule has 1 fully saturated rings. The maximum absolute atomic E-state index is 11.5. The van der Waals surface area contributed by atoms with E-state index in [1.807, 2.05) is 19.1 Å². The van der Waals surface area contributed by atoms with Gasteiger partial charge in [-0.25, -0.2) is 0 Å². The molecule has 5 rings (SSSR count). The number of fused-ring (bicyclic) bond motifs is 2. The predicted molar refractivity (Wildman–Crippen MR) is 124 cm³/mol. The van der Waals surface area contributed by atoms with E-state index < -0.39 is 0 Å². The molecule has 1 amide bonds. The third-order valence-corrected chi connectivity index (χ3v) is 6.18. The number of nitrogens with zero attached hydrogens (tertiary/aromatic N) is 3. The van der Waals surface area contributed by atoms with Crippen LogP contribution in [-0.2, 0) is 11.2 Å². The highest BCUT2D eigenvalue weighted by molar-refractivity contribution is 5.95. The SMILES string of the molecule is Cc1ccc2c(N3CCN(CCCc4ccc5c(c4)NC(=O)CO5)CC3)cccc2n1. The smallest absolute Gasteiger partial charge is 0.262 e. The number of carbonyl (C=O) groups excluding carboxylic acids is 1. The number of ether oxygens (including phenoxy) is 1. The molecule has 160 valence electrons. The molecule has 2 aromatic carbocycles. The van der Waals surface area contributed by atoms with Crippen LogP contribution in [0.15, 0.2) is 48.5 Å². The van der Waals surface area contributed by atoms with E-state index in [-0.39, 0.29) is 12.5 Å². The molecule has 1 saturated heterocycles. The van der Waals surface area contributed by atoms with E-state index in [0.29, 0.717) is 0 Å². The minimum absolute atomic E-state index is 0.0837. The Morgan fingerprint density at radius 1 is 1.06 bits per heavy atom. The van der Waals surface area contributed by atoms with Gasteiger partial charge < -0.3 is 15.0 Å². The number of aryl methyl sites for hydroxylation is 2. The second-order valence-corrected chi connectivity index (χ2v) is 8.40. The Labute approximate surface area is 182 Å². The van der Waals surface area contributed by atoms with Crippen molar-refractivity contribution in [3.8, 4) is 5.75 Å². The number of piperazine rings is 1. The lowest BCUT2D eigenvalue weighted by Crippen LogP contribution is -2.46. The van der Waals surface area contributed by atoms with Crippen molar-refractivity contribution < 1.29 is 9.53 Å². The summed E-state index contributed by atoms with van der Waals surface area (Å²) in [6.45, 7) is 7.45. The number of amides is 1. The number of aromatic nitrogens is 1. The molecule has 0 saturated carbocycles. The van der Waals surface area contributed by atoms with Crippen molar-refractivity contribution in [1.29, 1.82) is 0 Å². The minimum atomic E-state index is -0.0837. The van der Waals surface area contributed by atoms with Gasteiger partial charge in [0.2, 0.25) is 0 Å². The summed E-state index contributed by atoms with van der Waals surface area (Å²) in [7, 11) is 0. The zero-order valence-electron chi connectivity index (χ0n) is 17.9. The fraction of sp³-hybridized carbons (Fsp3) is 0.360. The Hall–Kier alpha value is -3.12. The Bertz CT molecular complexity index is 1110. The normalized spacial score (nSPS) is 16.7. The standard InChI is InChI=1S/C25H28N4O2/c1-18-7-9-20-21(26-18)5-2-6-23(20)29-14-12-28(13-15-29)11-3-4-19-8-10-24-22(16-19)27-25(30)17-31-24/h2,5-10,16H,3-4,11-15,17H2,1H3,(H,27,30). The lowest BCUT2D eigenvalue weighted by molar-refractivity contribution is -0.118. The maximum Gasteiger partial charge on any atom is 0.262 e. The van der Waals surface area contributed by atoms with E-state index in [2.05, 4.69) is 56.5 Å². The summed E-state index contributed by atoms with van der Waals surface area (Å²) >= 11 is 0. The molecule has 2 aliphatic heterocycles. The number of pyridine rings is 1. The molecule has 0 bridgehead atoms. The summed E-state index contributed by atoms with van der Waals surface area (Å²) in [5.74, 6) is 0.679. The molecular formula is C25H28N4O2. The Morgan fingerprint density at radius 2 is 1.94 bits per heavy atom. The van der Waals surface area contributed by atoms with Gasteiger partial charge in [-0.1, -0.05) is 12.1 Å². The van der Waals surface area contributed by atoms with Crippen molar-refractivity contribution >= 4 is 28.2 Å². The van der Waals surface area contributed by atoms with Crippen LogP contribution in [0.1, 0.15) is 17.7 Å². The highest BCUT2D eigenvalue weighted by Crippen LogP contribution is 2.29. The Morgan fingerprint density at radius 3 is 2.81 bits per heavy atom. The van der Waals surface area contributed by atoms with E-state index >= 15 is 0 Å². The van der Waals surface area contributed by atoms with E-state index in [9.17, 15) is 4.79 Å². The van der Waals surface area contributed by atoms with Crippen molar-refractivity contribution in [3.05, 3.63) is 59.8 Å². The van der Waals surface area contributed by atoms with Gasteiger partial charge in [0.05, 0.1) is 11.2 Å². The van der Waals surface area contributed by atoms with E-state index in [1.54, 1.807) is 0 Å². The van der Waals surface area contributed by atoms with Crippen molar-refractivity contribution in [3.63, 3.8) is 0 Å². The molecule has 31 heavy (non-hydrogen) atoms. The van der Waals surface area contributed by atoms with Crippen molar-refractivity contribution in [2.24, 2.45) is 0 Å². The van der Waals surface area contributed by atoms with Gasteiger partial charge in [-0.3, -0.25) is 14.7 Å². The van der Waals surface area contributed by atoms with Gasteiger partial charge in [0.15, 0.2) is 6.61 Å². The molecular weight excluding hydrogens is 388 g/mol. The van der Waals surface area contributed by atoms with E-state index in [0.717, 1.165) is 68.2 Å². The molecule has 0 radical (unpaired) electrons. The van der Waals surface area contributed by atoms with Gasteiger partial charge in [-0.05, 0) is 68.3 Å². The monoisotopic (exact) mass is 416 g/mol. The number of carbonyl (C=O) groups is 1. The van der Waals surface area contributed by atoms with E-state index in [4.69, 9.17) is 4.74 Å². The first kappa shape index (κ1) is 19.8. The molecule has 6 nitrogen and oxygen atoms in total. The largest absolute Gasteiger partial charge is 0.482 e. The molecule has 6 heteroatoms.